The second-order valence-electron chi connectivity index (χ2n) is 3.90. The summed E-state index contributed by atoms with van der Waals surface area (Å²) >= 11 is 12.0. The van der Waals surface area contributed by atoms with Crippen LogP contribution < -0.4 is 4.74 Å². The number of hydrogen-bond donors (Lipinski definition) is 1. The number of fused-ring (bicyclic) bond motifs is 1. The molecule has 0 fully saturated rings. The number of halogens is 2. The minimum Gasteiger partial charge on any atom is -0.457 e. The number of aromatic nitrogens is 1. The van der Waals surface area contributed by atoms with Crippen molar-refractivity contribution in [3.8, 4) is 11.5 Å². The molecular formula is C14H9Cl2NO. The van der Waals surface area contributed by atoms with Gasteiger partial charge in [-0.3, -0.25) is 0 Å². The van der Waals surface area contributed by atoms with Gasteiger partial charge in [0.2, 0.25) is 0 Å². The third kappa shape index (κ3) is 2.17. The van der Waals surface area contributed by atoms with E-state index in [0.29, 0.717) is 21.5 Å². The summed E-state index contributed by atoms with van der Waals surface area (Å²) in [6.45, 7) is 0. The van der Waals surface area contributed by atoms with Crippen LogP contribution in [0, 0.1) is 0 Å². The molecule has 0 aliphatic rings. The number of ether oxygens (including phenoxy) is 1. The van der Waals surface area contributed by atoms with Crippen molar-refractivity contribution in [2.45, 2.75) is 0 Å². The normalized spacial score (nSPS) is 10.8. The Kier molecular flexibility index (Phi) is 2.90. The highest BCUT2D eigenvalue weighted by molar-refractivity contribution is 6.31. The van der Waals surface area contributed by atoms with Crippen LogP contribution in [0.4, 0.5) is 0 Å². The van der Waals surface area contributed by atoms with Crippen LogP contribution in [0.2, 0.25) is 10.0 Å². The number of rotatable bonds is 2. The van der Waals surface area contributed by atoms with Crippen LogP contribution in [0.5, 0.6) is 11.5 Å². The van der Waals surface area contributed by atoms with Gasteiger partial charge in [0, 0.05) is 27.7 Å². The first kappa shape index (κ1) is 11.5. The van der Waals surface area contributed by atoms with Crippen LogP contribution in [-0.4, -0.2) is 4.98 Å². The average molecular weight is 278 g/mol. The largest absolute Gasteiger partial charge is 0.457 e. The molecule has 4 heteroatoms. The van der Waals surface area contributed by atoms with E-state index >= 15 is 0 Å². The van der Waals surface area contributed by atoms with Crippen molar-refractivity contribution in [3.63, 3.8) is 0 Å². The predicted molar refractivity (Wildman–Crippen MR) is 74.8 cm³/mol. The van der Waals surface area contributed by atoms with Crippen LogP contribution in [0.15, 0.2) is 48.7 Å². The van der Waals surface area contributed by atoms with Gasteiger partial charge in [-0.2, -0.15) is 0 Å². The Morgan fingerprint density at radius 1 is 0.944 bits per heavy atom. The van der Waals surface area contributed by atoms with E-state index in [4.69, 9.17) is 27.9 Å². The van der Waals surface area contributed by atoms with Crippen molar-refractivity contribution in [1.29, 1.82) is 0 Å². The molecule has 90 valence electrons. The Bertz CT molecular complexity index is 706. The maximum absolute atomic E-state index is 6.05. The molecule has 0 spiro atoms. The van der Waals surface area contributed by atoms with Crippen molar-refractivity contribution >= 4 is 34.1 Å². The zero-order chi connectivity index (χ0) is 12.5. The summed E-state index contributed by atoms with van der Waals surface area (Å²) in [5, 5.41) is 2.25. The van der Waals surface area contributed by atoms with E-state index in [-0.39, 0.29) is 0 Å². The van der Waals surface area contributed by atoms with E-state index < -0.39 is 0 Å². The zero-order valence-electron chi connectivity index (χ0n) is 9.28. The van der Waals surface area contributed by atoms with Crippen molar-refractivity contribution in [2.75, 3.05) is 0 Å². The highest BCUT2D eigenvalue weighted by Crippen LogP contribution is 2.33. The summed E-state index contributed by atoms with van der Waals surface area (Å²) in [5.74, 6) is 1.40. The number of benzene rings is 2. The van der Waals surface area contributed by atoms with Gasteiger partial charge in [-0.05, 0) is 30.3 Å². The fourth-order valence-electron chi connectivity index (χ4n) is 1.84. The molecule has 3 aromatic rings. The van der Waals surface area contributed by atoms with Crippen molar-refractivity contribution in [2.24, 2.45) is 0 Å². The lowest BCUT2D eigenvalue weighted by atomic mass is 10.2. The molecular weight excluding hydrogens is 269 g/mol. The van der Waals surface area contributed by atoms with Crippen LogP contribution >= 0.6 is 23.2 Å². The Morgan fingerprint density at radius 3 is 2.67 bits per heavy atom. The minimum atomic E-state index is 0.627. The van der Waals surface area contributed by atoms with E-state index in [9.17, 15) is 0 Å². The van der Waals surface area contributed by atoms with Crippen LogP contribution in [-0.2, 0) is 0 Å². The molecule has 0 atom stereocenters. The fraction of sp³-hybridized carbons (Fsp3) is 0. The van der Waals surface area contributed by atoms with Gasteiger partial charge in [0.1, 0.15) is 11.5 Å². The molecule has 1 heterocycles. The van der Waals surface area contributed by atoms with E-state index in [1.165, 1.54) is 0 Å². The fourth-order valence-corrected chi connectivity index (χ4v) is 2.23. The van der Waals surface area contributed by atoms with Gasteiger partial charge >= 0.3 is 0 Å². The molecule has 0 aliphatic heterocycles. The smallest absolute Gasteiger partial charge is 0.138 e. The molecule has 1 aromatic heterocycles. The molecule has 1 N–H and O–H groups in total. The average Bonchev–Trinajstić information content (AvgIpc) is 2.77. The Hall–Kier alpha value is -1.64. The van der Waals surface area contributed by atoms with Gasteiger partial charge in [-0.15, -0.1) is 0 Å². The first-order valence-corrected chi connectivity index (χ1v) is 6.18. The SMILES string of the molecule is Clc1cccc(Oc2cc(Cl)cc3[nH]ccc23)c1. The Balaban J connectivity index is 2.06. The van der Waals surface area contributed by atoms with E-state index in [1.807, 2.05) is 30.5 Å². The third-order valence-corrected chi connectivity index (χ3v) is 3.07. The molecule has 0 saturated carbocycles. The van der Waals surface area contributed by atoms with Gasteiger partial charge < -0.3 is 9.72 Å². The van der Waals surface area contributed by atoms with Crippen LogP contribution in [0.25, 0.3) is 10.9 Å². The quantitative estimate of drug-likeness (QED) is 0.678. The van der Waals surface area contributed by atoms with E-state index in [1.54, 1.807) is 18.2 Å². The summed E-state index contributed by atoms with van der Waals surface area (Å²) in [6.07, 6.45) is 1.85. The maximum atomic E-state index is 6.05. The van der Waals surface area contributed by atoms with Gasteiger partial charge in [0.15, 0.2) is 0 Å². The summed E-state index contributed by atoms with van der Waals surface area (Å²) in [4.78, 5) is 3.11. The van der Waals surface area contributed by atoms with Crippen molar-refractivity contribution < 1.29 is 4.74 Å². The monoisotopic (exact) mass is 277 g/mol. The first-order chi connectivity index (χ1) is 8.72. The van der Waals surface area contributed by atoms with E-state index in [2.05, 4.69) is 4.98 Å². The third-order valence-electron chi connectivity index (χ3n) is 2.62. The molecule has 0 aliphatic carbocycles. The molecule has 0 saturated heterocycles. The van der Waals surface area contributed by atoms with Crippen LogP contribution in [0.3, 0.4) is 0 Å². The van der Waals surface area contributed by atoms with Crippen molar-refractivity contribution in [1.82, 2.24) is 4.98 Å². The molecule has 3 rings (SSSR count). The molecule has 18 heavy (non-hydrogen) atoms. The second kappa shape index (κ2) is 4.56. The number of hydrogen-bond acceptors (Lipinski definition) is 1. The topological polar surface area (TPSA) is 25.0 Å². The van der Waals surface area contributed by atoms with Gasteiger partial charge in [0.25, 0.3) is 0 Å². The lowest BCUT2D eigenvalue weighted by molar-refractivity contribution is 0.488. The van der Waals surface area contributed by atoms with E-state index in [0.717, 1.165) is 10.9 Å². The van der Waals surface area contributed by atoms with Crippen molar-refractivity contribution in [3.05, 3.63) is 58.7 Å². The maximum Gasteiger partial charge on any atom is 0.138 e. The highest BCUT2D eigenvalue weighted by atomic mass is 35.5. The summed E-state index contributed by atoms with van der Waals surface area (Å²) in [6, 6.07) is 12.9. The summed E-state index contributed by atoms with van der Waals surface area (Å²) < 4.78 is 5.82. The number of H-pyrrole nitrogens is 1. The molecule has 0 radical (unpaired) electrons. The lowest BCUT2D eigenvalue weighted by Crippen LogP contribution is -1.85. The summed E-state index contributed by atoms with van der Waals surface area (Å²) in [5.41, 5.74) is 0.944. The number of nitrogens with one attached hydrogen (secondary N) is 1. The molecule has 2 nitrogen and oxygen atoms in total. The predicted octanol–water partition coefficient (Wildman–Crippen LogP) is 5.27. The summed E-state index contributed by atoms with van der Waals surface area (Å²) in [7, 11) is 0. The van der Waals surface area contributed by atoms with Gasteiger partial charge in [-0.25, -0.2) is 0 Å². The number of aromatic amines is 1. The van der Waals surface area contributed by atoms with Gasteiger partial charge in [0.05, 0.1) is 5.52 Å². The zero-order valence-corrected chi connectivity index (χ0v) is 10.8. The second-order valence-corrected chi connectivity index (χ2v) is 4.78. The molecule has 0 bridgehead atoms. The molecule has 2 aromatic carbocycles. The van der Waals surface area contributed by atoms with Gasteiger partial charge in [-0.1, -0.05) is 29.3 Å². The minimum absolute atomic E-state index is 0.627. The Morgan fingerprint density at radius 2 is 1.83 bits per heavy atom. The molecule has 0 amide bonds. The molecule has 0 unspecified atom stereocenters. The standard InChI is InChI=1S/C14H9Cl2NO/c15-9-2-1-3-11(6-9)18-14-8-10(16)7-13-12(14)4-5-17-13/h1-8,17H. The first-order valence-electron chi connectivity index (χ1n) is 5.42. The lowest BCUT2D eigenvalue weighted by Gasteiger charge is -2.08. The highest BCUT2D eigenvalue weighted by Gasteiger charge is 2.06. The Labute approximate surface area is 114 Å². The van der Waals surface area contributed by atoms with Crippen LogP contribution in [0.1, 0.15) is 0 Å².